The Morgan fingerprint density at radius 1 is 1.18 bits per heavy atom. The number of hydrogen-bond acceptors (Lipinski definition) is 4. The van der Waals surface area contributed by atoms with Crippen molar-refractivity contribution >= 4 is 15.9 Å². The Labute approximate surface area is 169 Å². The number of hydrogen-bond donors (Lipinski definition) is 1. The van der Waals surface area contributed by atoms with Crippen molar-refractivity contribution in [3.8, 4) is 0 Å². The van der Waals surface area contributed by atoms with Crippen LogP contribution in [0.3, 0.4) is 0 Å². The van der Waals surface area contributed by atoms with Gasteiger partial charge < -0.3 is 10.2 Å². The topological polar surface area (TPSA) is 69.7 Å². The van der Waals surface area contributed by atoms with Crippen LogP contribution >= 0.6 is 0 Å². The molecule has 6 nitrogen and oxygen atoms in total. The van der Waals surface area contributed by atoms with Gasteiger partial charge in [0.1, 0.15) is 0 Å². The fraction of sp³-hybridized carbons (Fsp3) is 0.667. The predicted molar refractivity (Wildman–Crippen MR) is 111 cm³/mol. The fourth-order valence-electron chi connectivity index (χ4n) is 4.20. The zero-order chi connectivity index (χ0) is 20.1. The molecule has 2 fully saturated rings. The maximum Gasteiger partial charge on any atom is 0.251 e. The summed E-state index contributed by atoms with van der Waals surface area (Å²) in [6, 6.07) is 6.44. The molecule has 2 aliphatic heterocycles. The number of piperidine rings is 1. The molecule has 1 aromatic rings. The second kappa shape index (κ2) is 9.37. The van der Waals surface area contributed by atoms with Crippen molar-refractivity contribution < 1.29 is 13.2 Å². The van der Waals surface area contributed by atoms with Crippen LogP contribution in [0.1, 0.15) is 56.3 Å². The molecule has 2 saturated heterocycles. The van der Waals surface area contributed by atoms with Gasteiger partial charge in [0.25, 0.3) is 5.91 Å². The molecule has 3 rings (SSSR count). The van der Waals surface area contributed by atoms with Crippen LogP contribution in [0.5, 0.6) is 0 Å². The third-order valence-electron chi connectivity index (χ3n) is 5.82. The van der Waals surface area contributed by atoms with Crippen LogP contribution in [0, 0.1) is 5.92 Å². The average Bonchev–Trinajstić information content (AvgIpc) is 3.19. The third-order valence-corrected chi connectivity index (χ3v) is 7.83. The van der Waals surface area contributed by atoms with Gasteiger partial charge in [0.2, 0.25) is 10.0 Å². The Hall–Kier alpha value is -1.44. The van der Waals surface area contributed by atoms with Crippen molar-refractivity contribution in [2.75, 3.05) is 32.7 Å². The van der Waals surface area contributed by atoms with Gasteiger partial charge in [-0.3, -0.25) is 4.79 Å². The van der Waals surface area contributed by atoms with Crippen molar-refractivity contribution in [2.24, 2.45) is 5.92 Å². The standard InChI is InChI=1S/C21H33N3O3S/c1-17(16-23-11-5-6-12-23)15-22-21(25)19-9-7-10-20(14-19)28(26,27)24-13-4-3-8-18(24)2/h7,9-10,14,17-18H,3-6,8,11-13,15-16H2,1-2H3,(H,22,25). The van der Waals surface area contributed by atoms with E-state index in [4.69, 9.17) is 0 Å². The molecule has 0 saturated carbocycles. The lowest BCUT2D eigenvalue weighted by Gasteiger charge is -2.32. The van der Waals surface area contributed by atoms with Crippen molar-refractivity contribution in [2.45, 2.75) is 56.9 Å². The summed E-state index contributed by atoms with van der Waals surface area (Å²) in [7, 11) is -3.57. The van der Waals surface area contributed by atoms with Crippen molar-refractivity contribution in [1.82, 2.24) is 14.5 Å². The Morgan fingerprint density at radius 2 is 1.89 bits per heavy atom. The number of nitrogens with one attached hydrogen (secondary N) is 1. The zero-order valence-corrected chi connectivity index (χ0v) is 17.9. The van der Waals surface area contributed by atoms with E-state index < -0.39 is 10.0 Å². The number of rotatable bonds is 7. The average molecular weight is 408 g/mol. The molecular formula is C21H33N3O3S. The van der Waals surface area contributed by atoms with E-state index in [0.717, 1.165) is 38.9 Å². The molecule has 7 heteroatoms. The molecule has 0 radical (unpaired) electrons. The van der Waals surface area contributed by atoms with E-state index in [2.05, 4.69) is 17.1 Å². The summed E-state index contributed by atoms with van der Waals surface area (Å²) in [6.07, 6.45) is 5.35. The molecule has 1 aromatic carbocycles. The van der Waals surface area contributed by atoms with E-state index in [1.807, 2.05) is 6.92 Å². The number of carbonyl (C=O) groups excluding carboxylic acids is 1. The second-order valence-electron chi connectivity index (χ2n) is 8.31. The van der Waals surface area contributed by atoms with Crippen LogP contribution in [0.15, 0.2) is 29.2 Å². The molecule has 0 bridgehead atoms. The third kappa shape index (κ3) is 5.13. The van der Waals surface area contributed by atoms with Crippen molar-refractivity contribution in [1.29, 1.82) is 0 Å². The smallest absolute Gasteiger partial charge is 0.251 e. The maximum absolute atomic E-state index is 13.0. The number of amides is 1. The Kier molecular flexibility index (Phi) is 7.12. The first-order valence-electron chi connectivity index (χ1n) is 10.5. The highest BCUT2D eigenvalue weighted by Gasteiger charge is 2.31. The van der Waals surface area contributed by atoms with Gasteiger partial charge in [-0.25, -0.2) is 8.42 Å². The number of sulfonamides is 1. The van der Waals surface area contributed by atoms with E-state index in [0.29, 0.717) is 24.6 Å². The van der Waals surface area contributed by atoms with Crippen LogP contribution < -0.4 is 5.32 Å². The van der Waals surface area contributed by atoms with Crippen molar-refractivity contribution in [3.63, 3.8) is 0 Å². The minimum atomic E-state index is -3.57. The van der Waals surface area contributed by atoms with E-state index in [1.54, 1.807) is 22.5 Å². The molecule has 28 heavy (non-hydrogen) atoms. The lowest BCUT2D eigenvalue weighted by molar-refractivity contribution is 0.0945. The minimum Gasteiger partial charge on any atom is -0.352 e. The minimum absolute atomic E-state index is 0.00247. The quantitative estimate of drug-likeness (QED) is 0.755. The van der Waals surface area contributed by atoms with Crippen LogP contribution in [0.2, 0.25) is 0 Å². The molecule has 2 aliphatic rings. The molecule has 1 N–H and O–H groups in total. The van der Waals surface area contributed by atoms with Crippen LogP contribution in [0.4, 0.5) is 0 Å². The lowest BCUT2D eigenvalue weighted by atomic mass is 10.1. The van der Waals surface area contributed by atoms with Crippen LogP contribution in [-0.4, -0.2) is 62.3 Å². The van der Waals surface area contributed by atoms with Crippen LogP contribution in [0.25, 0.3) is 0 Å². The first-order valence-corrected chi connectivity index (χ1v) is 11.9. The Morgan fingerprint density at radius 3 is 2.61 bits per heavy atom. The molecule has 0 aromatic heterocycles. The fourth-order valence-corrected chi connectivity index (χ4v) is 5.95. The van der Waals surface area contributed by atoms with E-state index in [1.165, 1.54) is 18.9 Å². The SMILES string of the molecule is CC(CNC(=O)c1cccc(S(=O)(=O)N2CCCCC2C)c1)CN1CCCC1. The first-order chi connectivity index (χ1) is 13.4. The highest BCUT2D eigenvalue weighted by atomic mass is 32.2. The summed E-state index contributed by atoms with van der Waals surface area (Å²) < 4.78 is 27.6. The molecule has 1 amide bonds. The lowest BCUT2D eigenvalue weighted by Crippen LogP contribution is -2.42. The van der Waals surface area contributed by atoms with E-state index in [-0.39, 0.29) is 16.8 Å². The summed E-state index contributed by atoms with van der Waals surface area (Å²) in [5.41, 5.74) is 0.402. The van der Waals surface area contributed by atoms with Gasteiger partial charge in [0, 0.05) is 31.2 Å². The Bertz CT molecular complexity index is 775. The summed E-state index contributed by atoms with van der Waals surface area (Å²) in [5.74, 6) is 0.153. The van der Waals surface area contributed by atoms with Gasteiger partial charge in [-0.1, -0.05) is 19.4 Å². The van der Waals surface area contributed by atoms with Gasteiger partial charge in [0.15, 0.2) is 0 Å². The van der Waals surface area contributed by atoms with Gasteiger partial charge in [-0.05, 0) is 69.8 Å². The molecule has 2 unspecified atom stereocenters. The zero-order valence-electron chi connectivity index (χ0n) is 17.1. The number of likely N-dealkylation sites (tertiary alicyclic amines) is 1. The van der Waals surface area contributed by atoms with E-state index in [9.17, 15) is 13.2 Å². The van der Waals surface area contributed by atoms with Gasteiger partial charge in [-0.15, -0.1) is 0 Å². The molecule has 0 aliphatic carbocycles. The molecular weight excluding hydrogens is 374 g/mol. The number of benzene rings is 1. The monoisotopic (exact) mass is 407 g/mol. The molecule has 0 spiro atoms. The predicted octanol–water partition coefficient (Wildman–Crippen LogP) is 2.71. The summed E-state index contributed by atoms with van der Waals surface area (Å²) in [5, 5.41) is 2.97. The largest absolute Gasteiger partial charge is 0.352 e. The highest BCUT2D eigenvalue weighted by Crippen LogP contribution is 2.25. The van der Waals surface area contributed by atoms with Gasteiger partial charge in [0.05, 0.1) is 4.90 Å². The summed E-state index contributed by atoms with van der Waals surface area (Å²) in [6.45, 7) is 8.51. The normalized spacial score (nSPS) is 22.9. The molecule has 2 atom stereocenters. The Balaban J connectivity index is 1.62. The van der Waals surface area contributed by atoms with Gasteiger partial charge in [-0.2, -0.15) is 4.31 Å². The molecule has 2 heterocycles. The second-order valence-corrected chi connectivity index (χ2v) is 10.2. The van der Waals surface area contributed by atoms with Crippen molar-refractivity contribution in [3.05, 3.63) is 29.8 Å². The first kappa shape index (κ1) is 21.3. The van der Waals surface area contributed by atoms with Gasteiger partial charge >= 0.3 is 0 Å². The van der Waals surface area contributed by atoms with E-state index >= 15 is 0 Å². The number of carbonyl (C=O) groups is 1. The summed E-state index contributed by atoms with van der Waals surface area (Å²) >= 11 is 0. The summed E-state index contributed by atoms with van der Waals surface area (Å²) in [4.78, 5) is 15.2. The van der Waals surface area contributed by atoms with Crippen LogP contribution in [-0.2, 0) is 10.0 Å². The maximum atomic E-state index is 13.0. The number of nitrogens with zero attached hydrogens (tertiary/aromatic N) is 2. The molecule has 156 valence electrons. The highest BCUT2D eigenvalue weighted by molar-refractivity contribution is 7.89.